The highest BCUT2D eigenvalue weighted by Gasteiger charge is 2.27. The summed E-state index contributed by atoms with van der Waals surface area (Å²) in [6.45, 7) is 4.38. The normalized spacial score (nSPS) is 13.9. The minimum atomic E-state index is -4.37. The second kappa shape index (κ2) is 37.8. The van der Waals surface area contributed by atoms with E-state index in [2.05, 4.69) is 50.3 Å². The smallest absolute Gasteiger partial charge is 0.462 e. The minimum Gasteiger partial charge on any atom is -0.462 e. The van der Waals surface area contributed by atoms with Crippen LogP contribution in [0.3, 0.4) is 0 Å². The summed E-state index contributed by atoms with van der Waals surface area (Å²) in [5.74, 6) is -0.813. The molecule has 0 bridgehead atoms. The molecule has 0 aromatic rings. The Kier molecular flexibility index (Phi) is 36.6. The van der Waals surface area contributed by atoms with Crippen LogP contribution < -0.4 is 0 Å². The minimum absolute atomic E-state index is 0.0293. The number of likely N-dealkylation sites (N-methyl/N-ethyl adjacent to an activating group) is 1. The van der Waals surface area contributed by atoms with E-state index in [-0.39, 0.29) is 32.0 Å². The lowest BCUT2D eigenvalue weighted by Crippen LogP contribution is -2.37. The predicted octanol–water partition coefficient (Wildman–Crippen LogP) is 12.5. The SMILES string of the molecule is CCCCCCC/C=C\C/C=C\C/C=C\CCCCCCCCC(=O)OC(COC(=O)CCCCCCCCCCCC)COP(=O)(O)OCC[N+](C)(C)C. The molecular formula is C45H85NO8P+. The van der Waals surface area contributed by atoms with Crippen LogP contribution in [-0.2, 0) is 32.7 Å². The molecular weight excluding hydrogens is 713 g/mol. The zero-order valence-electron chi connectivity index (χ0n) is 36.2. The number of phosphoric acid groups is 1. The van der Waals surface area contributed by atoms with E-state index in [9.17, 15) is 19.0 Å². The van der Waals surface area contributed by atoms with Crippen LogP contribution in [0.4, 0.5) is 0 Å². The van der Waals surface area contributed by atoms with E-state index in [0.29, 0.717) is 17.4 Å². The summed E-state index contributed by atoms with van der Waals surface area (Å²) in [5.41, 5.74) is 0. The fourth-order valence-corrected chi connectivity index (χ4v) is 6.64. The van der Waals surface area contributed by atoms with Crippen molar-refractivity contribution in [2.24, 2.45) is 0 Å². The monoisotopic (exact) mass is 799 g/mol. The van der Waals surface area contributed by atoms with Gasteiger partial charge in [-0.1, -0.05) is 159 Å². The molecule has 0 saturated heterocycles. The second-order valence-corrected chi connectivity index (χ2v) is 17.5. The predicted molar refractivity (Wildman–Crippen MR) is 229 cm³/mol. The average molecular weight is 799 g/mol. The third-order valence-electron chi connectivity index (χ3n) is 9.42. The summed E-state index contributed by atoms with van der Waals surface area (Å²) in [5, 5.41) is 0. The van der Waals surface area contributed by atoms with Gasteiger partial charge in [0.05, 0.1) is 27.7 Å². The third kappa shape index (κ3) is 41.7. The molecule has 0 aliphatic rings. The summed E-state index contributed by atoms with van der Waals surface area (Å²) in [6.07, 6.45) is 41.9. The van der Waals surface area contributed by atoms with Crippen LogP contribution in [0, 0.1) is 0 Å². The van der Waals surface area contributed by atoms with Crippen molar-refractivity contribution < 1.29 is 42.1 Å². The van der Waals surface area contributed by atoms with Crippen LogP contribution >= 0.6 is 7.82 Å². The van der Waals surface area contributed by atoms with Crippen LogP contribution in [-0.4, -0.2) is 74.9 Å². The number of quaternary nitrogens is 1. The molecule has 0 radical (unpaired) electrons. The molecule has 9 nitrogen and oxygen atoms in total. The number of unbranched alkanes of at least 4 members (excludes halogenated alkanes) is 20. The Balaban J connectivity index is 4.32. The highest BCUT2D eigenvalue weighted by atomic mass is 31.2. The fraction of sp³-hybridized carbons (Fsp3) is 0.822. The van der Waals surface area contributed by atoms with Crippen molar-refractivity contribution in [3.8, 4) is 0 Å². The van der Waals surface area contributed by atoms with Crippen molar-refractivity contribution in [3.05, 3.63) is 36.5 Å². The maximum absolute atomic E-state index is 12.7. The van der Waals surface area contributed by atoms with E-state index in [1.807, 2.05) is 21.1 Å². The highest BCUT2D eigenvalue weighted by Crippen LogP contribution is 2.43. The lowest BCUT2D eigenvalue weighted by Gasteiger charge is -2.24. The third-order valence-corrected chi connectivity index (χ3v) is 10.4. The van der Waals surface area contributed by atoms with Crippen molar-refractivity contribution >= 4 is 19.8 Å². The standard InChI is InChI=1S/C45H84NO8P/c1-6-8-10-12-14-16-18-19-20-21-22-23-24-25-26-27-28-30-32-34-36-38-45(48)54-43(42-53-55(49,50)52-40-39-46(3,4)5)41-51-44(47)37-35-33-31-29-17-15-13-11-9-7-2/h18-19,21-22,24-25,43H,6-17,20,23,26-42H2,1-5H3/p+1/b19-18-,22-21-,25-24-. The number of esters is 2. The lowest BCUT2D eigenvalue weighted by atomic mass is 10.1. The fourth-order valence-electron chi connectivity index (χ4n) is 5.90. The van der Waals surface area contributed by atoms with E-state index in [4.69, 9.17) is 18.5 Å². The summed E-state index contributed by atoms with van der Waals surface area (Å²) < 4.78 is 34.2. The molecule has 0 aromatic carbocycles. The Morgan fingerprint density at radius 1 is 0.564 bits per heavy atom. The molecule has 1 N–H and O–H groups in total. The first-order valence-electron chi connectivity index (χ1n) is 22.2. The van der Waals surface area contributed by atoms with Gasteiger partial charge in [-0.05, 0) is 51.4 Å². The zero-order chi connectivity index (χ0) is 40.7. The van der Waals surface area contributed by atoms with E-state index < -0.39 is 26.5 Å². The van der Waals surface area contributed by atoms with Crippen molar-refractivity contribution in [2.75, 3.05) is 47.5 Å². The number of carbonyl (C=O) groups excluding carboxylic acids is 2. The average Bonchev–Trinajstić information content (AvgIpc) is 3.13. The Hall–Kier alpha value is -1.77. The van der Waals surface area contributed by atoms with Gasteiger partial charge in [0.15, 0.2) is 6.10 Å². The maximum atomic E-state index is 12.7. The molecule has 0 rings (SSSR count). The molecule has 0 fully saturated rings. The zero-order valence-corrected chi connectivity index (χ0v) is 37.1. The molecule has 55 heavy (non-hydrogen) atoms. The molecule has 0 aliphatic heterocycles. The Morgan fingerprint density at radius 3 is 1.45 bits per heavy atom. The van der Waals surface area contributed by atoms with Gasteiger partial charge in [-0.2, -0.15) is 0 Å². The lowest BCUT2D eigenvalue weighted by molar-refractivity contribution is -0.870. The van der Waals surface area contributed by atoms with Gasteiger partial charge in [-0.3, -0.25) is 18.6 Å². The van der Waals surface area contributed by atoms with Crippen LogP contribution in [0.25, 0.3) is 0 Å². The van der Waals surface area contributed by atoms with E-state index in [1.54, 1.807) is 0 Å². The maximum Gasteiger partial charge on any atom is 0.472 e. The van der Waals surface area contributed by atoms with Gasteiger partial charge in [0.25, 0.3) is 0 Å². The number of nitrogens with zero attached hydrogens (tertiary/aromatic N) is 1. The van der Waals surface area contributed by atoms with Gasteiger partial charge in [0, 0.05) is 12.8 Å². The molecule has 10 heteroatoms. The van der Waals surface area contributed by atoms with Gasteiger partial charge in [0.1, 0.15) is 19.8 Å². The summed E-state index contributed by atoms with van der Waals surface area (Å²) >= 11 is 0. The second-order valence-electron chi connectivity index (χ2n) is 16.1. The van der Waals surface area contributed by atoms with Gasteiger partial charge >= 0.3 is 19.8 Å². The molecule has 0 heterocycles. The largest absolute Gasteiger partial charge is 0.472 e. The summed E-state index contributed by atoms with van der Waals surface area (Å²) in [4.78, 5) is 35.3. The number of phosphoric ester groups is 1. The number of allylic oxidation sites excluding steroid dienone is 6. The van der Waals surface area contributed by atoms with Gasteiger partial charge in [-0.15, -0.1) is 0 Å². The highest BCUT2D eigenvalue weighted by molar-refractivity contribution is 7.47. The molecule has 2 unspecified atom stereocenters. The first-order chi connectivity index (χ1) is 26.5. The van der Waals surface area contributed by atoms with Crippen molar-refractivity contribution in [3.63, 3.8) is 0 Å². The van der Waals surface area contributed by atoms with Crippen molar-refractivity contribution in [1.82, 2.24) is 0 Å². The molecule has 322 valence electrons. The molecule has 0 aliphatic carbocycles. The topological polar surface area (TPSA) is 108 Å². The Morgan fingerprint density at radius 2 is 0.982 bits per heavy atom. The molecule has 0 aromatic heterocycles. The van der Waals surface area contributed by atoms with Crippen LogP contribution in [0.2, 0.25) is 0 Å². The Labute approximate surface area is 338 Å². The van der Waals surface area contributed by atoms with Gasteiger partial charge in [-0.25, -0.2) is 4.57 Å². The van der Waals surface area contributed by atoms with E-state index in [1.165, 1.54) is 83.5 Å². The molecule has 2 atom stereocenters. The van der Waals surface area contributed by atoms with Gasteiger partial charge in [0.2, 0.25) is 0 Å². The van der Waals surface area contributed by atoms with E-state index >= 15 is 0 Å². The van der Waals surface area contributed by atoms with Crippen LogP contribution in [0.1, 0.15) is 187 Å². The van der Waals surface area contributed by atoms with Crippen LogP contribution in [0.5, 0.6) is 0 Å². The number of hydrogen-bond donors (Lipinski definition) is 1. The quantitative estimate of drug-likeness (QED) is 0.0215. The van der Waals surface area contributed by atoms with Crippen molar-refractivity contribution in [2.45, 2.75) is 193 Å². The number of carbonyl (C=O) groups is 2. The molecule has 0 spiro atoms. The molecule has 0 saturated carbocycles. The number of ether oxygens (including phenoxy) is 2. The summed E-state index contributed by atoms with van der Waals surface area (Å²) in [6, 6.07) is 0. The van der Waals surface area contributed by atoms with Crippen molar-refractivity contribution in [1.29, 1.82) is 0 Å². The Bertz CT molecular complexity index is 1040. The van der Waals surface area contributed by atoms with E-state index in [0.717, 1.165) is 70.6 Å². The summed E-state index contributed by atoms with van der Waals surface area (Å²) in [7, 11) is 1.47. The number of hydrogen-bond acceptors (Lipinski definition) is 7. The van der Waals surface area contributed by atoms with Gasteiger partial charge < -0.3 is 18.9 Å². The first-order valence-corrected chi connectivity index (χ1v) is 23.7. The van der Waals surface area contributed by atoms with Crippen LogP contribution in [0.15, 0.2) is 36.5 Å². The number of rotatable bonds is 40. The first kappa shape index (κ1) is 53.2. The molecule has 0 amide bonds.